The average molecular weight is 266 g/mol. The highest BCUT2D eigenvalue weighted by Gasteiger charge is 2.19. The van der Waals surface area contributed by atoms with Gasteiger partial charge in [-0.05, 0) is 25.8 Å². The van der Waals surface area contributed by atoms with Gasteiger partial charge in [0, 0.05) is 12.1 Å². The molecule has 0 aromatic heterocycles. The van der Waals surface area contributed by atoms with Gasteiger partial charge in [0.2, 0.25) is 0 Å². The van der Waals surface area contributed by atoms with Crippen molar-refractivity contribution < 1.29 is 13.6 Å². The molecule has 0 bridgehead atoms. The maximum Gasteiger partial charge on any atom is 0.405 e. The Kier molecular flexibility index (Phi) is 6.75. The lowest BCUT2D eigenvalue weighted by molar-refractivity contribution is 0.230. The van der Waals surface area contributed by atoms with Crippen LogP contribution in [-0.2, 0) is 20.0 Å². The van der Waals surface area contributed by atoms with Gasteiger partial charge in [0.15, 0.2) is 0 Å². The predicted octanol–water partition coefficient (Wildman–Crippen LogP) is 3.85. The minimum atomic E-state index is -3.20. The summed E-state index contributed by atoms with van der Waals surface area (Å²) in [6.07, 6.45) is 1.49. The molecule has 0 radical (unpaired) electrons. The third-order valence-electron chi connectivity index (χ3n) is 2.20. The van der Waals surface area contributed by atoms with Gasteiger partial charge in [0.1, 0.15) is 0 Å². The average Bonchev–Trinajstić information content (AvgIpc) is 2.37. The van der Waals surface area contributed by atoms with Crippen molar-refractivity contribution in [1.82, 2.24) is 0 Å². The fourth-order valence-electron chi connectivity index (χ4n) is 1.45. The lowest BCUT2D eigenvalue weighted by atomic mass is 10.1. The van der Waals surface area contributed by atoms with Crippen LogP contribution in [0.25, 0.3) is 0 Å². The summed E-state index contributed by atoms with van der Waals surface area (Å²) >= 11 is 0. The Morgan fingerprint density at radius 2 is 1.72 bits per heavy atom. The first-order valence-electron chi connectivity index (χ1n) is 6.13. The first-order chi connectivity index (χ1) is 8.70. The number of aryl methyl sites for hydroxylation is 1. The van der Waals surface area contributed by atoms with Crippen molar-refractivity contribution >= 4 is 7.60 Å². The molecule has 0 saturated carbocycles. The highest BCUT2D eigenvalue weighted by Crippen LogP contribution is 2.46. The van der Waals surface area contributed by atoms with Gasteiger partial charge in [-0.2, -0.15) is 0 Å². The van der Waals surface area contributed by atoms with Gasteiger partial charge >= 0.3 is 7.60 Å². The smallest absolute Gasteiger partial charge is 0.300 e. The van der Waals surface area contributed by atoms with E-state index in [1.54, 1.807) is 13.8 Å². The van der Waals surface area contributed by atoms with Crippen LogP contribution >= 0.6 is 7.60 Å². The Labute approximate surface area is 109 Å². The molecule has 1 rings (SSSR count). The molecule has 18 heavy (non-hydrogen) atoms. The number of hydrogen-bond acceptors (Lipinski definition) is 3. The molecule has 3 nitrogen and oxygen atoms in total. The molecule has 0 spiro atoms. The highest BCUT2D eigenvalue weighted by atomic mass is 31.2. The van der Waals surface area contributed by atoms with Gasteiger partial charge in [0.05, 0.1) is 13.2 Å². The monoisotopic (exact) mass is 266 g/mol. The van der Waals surface area contributed by atoms with Crippen LogP contribution in [0.5, 0.6) is 0 Å². The van der Waals surface area contributed by atoms with E-state index in [4.69, 9.17) is 9.05 Å². The van der Waals surface area contributed by atoms with Crippen molar-refractivity contribution in [2.45, 2.75) is 26.7 Å². The second-order valence-corrected chi connectivity index (χ2v) is 5.34. The van der Waals surface area contributed by atoms with Crippen LogP contribution < -0.4 is 0 Å². The predicted molar refractivity (Wildman–Crippen MR) is 73.4 cm³/mol. The molecule has 0 fully saturated rings. The summed E-state index contributed by atoms with van der Waals surface area (Å²) in [6, 6.07) is 10.1. The molecule has 0 amide bonds. The highest BCUT2D eigenvalue weighted by molar-refractivity contribution is 7.59. The minimum absolute atomic E-state index is 0.338. The van der Waals surface area contributed by atoms with E-state index in [0.29, 0.717) is 19.6 Å². The van der Waals surface area contributed by atoms with Crippen LogP contribution in [0.2, 0.25) is 0 Å². The third-order valence-corrected chi connectivity index (χ3v) is 3.82. The first-order valence-corrected chi connectivity index (χ1v) is 7.67. The zero-order valence-electron chi connectivity index (χ0n) is 10.9. The Morgan fingerprint density at radius 1 is 1.11 bits per heavy atom. The van der Waals surface area contributed by atoms with E-state index < -0.39 is 7.60 Å². The molecular weight excluding hydrogens is 247 g/mol. The van der Waals surface area contributed by atoms with Crippen molar-refractivity contribution in [3.05, 3.63) is 35.9 Å². The Hall–Kier alpha value is -1.07. The quantitative estimate of drug-likeness (QED) is 0.579. The van der Waals surface area contributed by atoms with E-state index >= 15 is 0 Å². The Morgan fingerprint density at radius 3 is 2.28 bits per heavy atom. The van der Waals surface area contributed by atoms with E-state index in [2.05, 4.69) is 11.6 Å². The number of benzene rings is 1. The van der Waals surface area contributed by atoms with Crippen molar-refractivity contribution in [1.29, 1.82) is 0 Å². The van der Waals surface area contributed by atoms with Crippen molar-refractivity contribution in [3.63, 3.8) is 0 Å². The summed E-state index contributed by atoms with van der Waals surface area (Å²) in [5.41, 5.74) is 3.85. The Balaban J connectivity index is 2.51. The van der Waals surface area contributed by atoms with E-state index in [0.717, 1.165) is 6.42 Å². The molecule has 0 aliphatic carbocycles. The molecule has 0 unspecified atom stereocenters. The van der Waals surface area contributed by atoms with E-state index in [9.17, 15) is 4.57 Å². The topological polar surface area (TPSA) is 35.5 Å². The lowest BCUT2D eigenvalue weighted by Gasteiger charge is -2.09. The molecule has 0 heterocycles. The summed E-state index contributed by atoms with van der Waals surface area (Å²) < 4.78 is 22.2. The van der Waals surface area contributed by atoms with Crippen molar-refractivity contribution in [2.75, 3.05) is 13.2 Å². The molecular formula is C14H19O3P. The maximum absolute atomic E-state index is 12.0. The van der Waals surface area contributed by atoms with Gasteiger partial charge in [-0.1, -0.05) is 36.3 Å². The SMILES string of the molecule is CCOP(=O)(C#CCCc1ccccc1)OCC. The van der Waals surface area contributed by atoms with Crippen LogP contribution in [0.3, 0.4) is 0 Å². The van der Waals surface area contributed by atoms with E-state index in [-0.39, 0.29) is 0 Å². The zero-order chi connectivity index (χ0) is 13.3. The molecule has 4 heteroatoms. The fourth-order valence-corrected chi connectivity index (χ4v) is 2.63. The van der Waals surface area contributed by atoms with E-state index in [1.165, 1.54) is 5.56 Å². The van der Waals surface area contributed by atoms with Crippen molar-refractivity contribution in [2.24, 2.45) is 0 Å². The molecule has 0 aliphatic rings. The van der Waals surface area contributed by atoms with Crippen LogP contribution in [0, 0.1) is 11.6 Å². The number of rotatable bonds is 6. The summed E-state index contributed by atoms with van der Waals surface area (Å²) in [6.45, 7) is 4.23. The zero-order valence-corrected chi connectivity index (χ0v) is 11.8. The second-order valence-electron chi connectivity index (χ2n) is 3.61. The summed E-state index contributed by atoms with van der Waals surface area (Å²) in [5, 5.41) is 0. The van der Waals surface area contributed by atoms with Gasteiger partial charge in [-0.25, -0.2) is 4.57 Å². The fraction of sp³-hybridized carbons (Fsp3) is 0.429. The summed E-state index contributed by atoms with van der Waals surface area (Å²) in [7, 11) is -3.20. The molecule has 1 aromatic rings. The molecule has 0 atom stereocenters. The van der Waals surface area contributed by atoms with E-state index in [1.807, 2.05) is 30.3 Å². The molecule has 98 valence electrons. The lowest BCUT2D eigenvalue weighted by Crippen LogP contribution is -1.93. The van der Waals surface area contributed by atoms with Gasteiger partial charge in [0.25, 0.3) is 0 Å². The van der Waals surface area contributed by atoms with Gasteiger partial charge in [-0.3, -0.25) is 9.05 Å². The number of hydrogen-bond donors (Lipinski definition) is 0. The summed E-state index contributed by atoms with van der Waals surface area (Å²) in [5.74, 6) is 2.88. The molecule has 0 N–H and O–H groups in total. The Bertz CT molecular complexity index is 435. The summed E-state index contributed by atoms with van der Waals surface area (Å²) in [4.78, 5) is 0. The molecule has 1 aromatic carbocycles. The first kappa shape index (κ1) is 15.0. The third kappa shape index (κ3) is 5.51. The van der Waals surface area contributed by atoms with Crippen LogP contribution in [0.1, 0.15) is 25.8 Å². The normalized spacial score (nSPS) is 10.8. The minimum Gasteiger partial charge on any atom is -0.300 e. The van der Waals surface area contributed by atoms with Crippen molar-refractivity contribution in [3.8, 4) is 11.6 Å². The van der Waals surface area contributed by atoms with Crippen LogP contribution in [0.4, 0.5) is 0 Å². The van der Waals surface area contributed by atoms with Gasteiger partial charge in [-0.15, -0.1) is 0 Å². The van der Waals surface area contributed by atoms with Crippen LogP contribution in [-0.4, -0.2) is 13.2 Å². The largest absolute Gasteiger partial charge is 0.405 e. The maximum atomic E-state index is 12.0. The second kappa shape index (κ2) is 8.11. The molecule has 0 aliphatic heterocycles. The van der Waals surface area contributed by atoms with Crippen LogP contribution in [0.15, 0.2) is 30.3 Å². The molecule has 0 saturated heterocycles. The van der Waals surface area contributed by atoms with Gasteiger partial charge < -0.3 is 0 Å². The standard InChI is InChI=1S/C14H19O3P/c1-3-16-18(15,17-4-2)13-9-8-12-14-10-6-5-7-11-14/h5-7,10-11H,3-4,8,12H2,1-2H3.